The number of hydrogen-bond acceptors (Lipinski definition) is 1. The van der Waals surface area contributed by atoms with E-state index in [-0.39, 0.29) is 10.8 Å². The first-order valence-electron chi connectivity index (χ1n) is 6.18. The van der Waals surface area contributed by atoms with Crippen molar-refractivity contribution < 1.29 is 0 Å². The van der Waals surface area contributed by atoms with Gasteiger partial charge < -0.3 is 4.98 Å². The van der Waals surface area contributed by atoms with Crippen molar-refractivity contribution in [2.24, 2.45) is 0 Å². The Hall–Kier alpha value is -1.31. The molecular weight excluding hydrogens is 208 g/mol. The number of pyridine rings is 1. The molecule has 17 heavy (non-hydrogen) atoms. The van der Waals surface area contributed by atoms with Crippen LogP contribution in [0.25, 0.3) is 10.9 Å². The SMILES string of the molecule is CC(C)(C)c1ncc2cc[nH]c2c1C(C)(C)C. The lowest BCUT2D eigenvalue weighted by molar-refractivity contribution is 0.518. The van der Waals surface area contributed by atoms with Crippen LogP contribution >= 0.6 is 0 Å². The largest absolute Gasteiger partial charge is 0.361 e. The van der Waals surface area contributed by atoms with Crippen LogP contribution in [0.3, 0.4) is 0 Å². The average Bonchev–Trinajstić information content (AvgIpc) is 2.59. The van der Waals surface area contributed by atoms with Crippen LogP contribution in [-0.2, 0) is 10.8 Å². The van der Waals surface area contributed by atoms with Crippen LogP contribution in [0.4, 0.5) is 0 Å². The van der Waals surface area contributed by atoms with E-state index in [2.05, 4.69) is 52.6 Å². The Morgan fingerprint density at radius 2 is 1.65 bits per heavy atom. The zero-order valence-electron chi connectivity index (χ0n) is 11.7. The minimum atomic E-state index is 0.0713. The first-order valence-corrected chi connectivity index (χ1v) is 6.18. The van der Waals surface area contributed by atoms with Gasteiger partial charge >= 0.3 is 0 Å². The molecule has 1 N–H and O–H groups in total. The van der Waals surface area contributed by atoms with Gasteiger partial charge in [-0.1, -0.05) is 41.5 Å². The van der Waals surface area contributed by atoms with Gasteiger partial charge in [0.1, 0.15) is 0 Å². The van der Waals surface area contributed by atoms with Gasteiger partial charge in [-0.2, -0.15) is 0 Å². The number of hydrogen-bond donors (Lipinski definition) is 1. The van der Waals surface area contributed by atoms with Crippen molar-refractivity contribution in [3.05, 3.63) is 29.7 Å². The van der Waals surface area contributed by atoms with E-state index in [1.807, 2.05) is 12.4 Å². The van der Waals surface area contributed by atoms with Crippen molar-refractivity contribution in [2.75, 3.05) is 0 Å². The van der Waals surface area contributed by atoms with Gasteiger partial charge in [0.05, 0.1) is 11.2 Å². The Kier molecular flexibility index (Phi) is 2.57. The molecule has 0 aliphatic heterocycles. The molecule has 0 spiro atoms. The number of nitrogens with zero attached hydrogens (tertiary/aromatic N) is 1. The fraction of sp³-hybridized carbons (Fsp3) is 0.533. The number of fused-ring (bicyclic) bond motifs is 1. The average molecular weight is 230 g/mol. The number of aromatic amines is 1. The second-order valence-electron chi connectivity index (χ2n) is 6.79. The highest BCUT2D eigenvalue weighted by atomic mass is 14.8. The Balaban J connectivity index is 2.85. The number of aromatic nitrogens is 2. The lowest BCUT2D eigenvalue weighted by atomic mass is 9.77. The van der Waals surface area contributed by atoms with Gasteiger partial charge in [-0.25, -0.2) is 0 Å². The van der Waals surface area contributed by atoms with E-state index >= 15 is 0 Å². The molecule has 0 amide bonds. The van der Waals surface area contributed by atoms with Crippen molar-refractivity contribution >= 4 is 10.9 Å². The number of H-pyrrole nitrogens is 1. The van der Waals surface area contributed by atoms with E-state index in [1.54, 1.807) is 0 Å². The molecule has 0 unspecified atom stereocenters. The van der Waals surface area contributed by atoms with E-state index in [0.29, 0.717) is 0 Å². The van der Waals surface area contributed by atoms with Crippen molar-refractivity contribution in [3.8, 4) is 0 Å². The third kappa shape index (κ3) is 2.08. The first-order chi connectivity index (χ1) is 7.71. The summed E-state index contributed by atoms with van der Waals surface area (Å²) in [7, 11) is 0. The molecule has 2 aromatic heterocycles. The molecule has 0 saturated carbocycles. The number of rotatable bonds is 0. The van der Waals surface area contributed by atoms with Crippen molar-refractivity contribution in [2.45, 2.75) is 52.4 Å². The molecule has 2 aromatic rings. The molecule has 0 aliphatic carbocycles. The second-order valence-corrected chi connectivity index (χ2v) is 6.79. The van der Waals surface area contributed by atoms with Crippen LogP contribution in [-0.4, -0.2) is 9.97 Å². The van der Waals surface area contributed by atoms with Gasteiger partial charge in [-0.05, 0) is 11.5 Å². The van der Waals surface area contributed by atoms with Gasteiger partial charge in [0.25, 0.3) is 0 Å². The van der Waals surface area contributed by atoms with Gasteiger partial charge in [0.2, 0.25) is 0 Å². The third-order valence-corrected chi connectivity index (χ3v) is 3.06. The summed E-state index contributed by atoms with van der Waals surface area (Å²) in [5, 5.41) is 1.20. The van der Waals surface area contributed by atoms with E-state index < -0.39 is 0 Å². The topological polar surface area (TPSA) is 28.7 Å². The molecule has 0 saturated heterocycles. The summed E-state index contributed by atoms with van der Waals surface area (Å²) in [5.74, 6) is 0. The van der Waals surface area contributed by atoms with Crippen LogP contribution in [0.15, 0.2) is 18.5 Å². The van der Waals surface area contributed by atoms with Crippen molar-refractivity contribution in [1.29, 1.82) is 0 Å². The van der Waals surface area contributed by atoms with Gasteiger partial charge in [-0.15, -0.1) is 0 Å². The van der Waals surface area contributed by atoms with Gasteiger partial charge in [-0.3, -0.25) is 4.98 Å². The lowest BCUT2D eigenvalue weighted by Gasteiger charge is -2.29. The molecule has 0 fully saturated rings. The molecule has 0 radical (unpaired) electrons. The van der Waals surface area contributed by atoms with Crippen LogP contribution in [0.2, 0.25) is 0 Å². The molecule has 2 heteroatoms. The van der Waals surface area contributed by atoms with Crippen LogP contribution in [0.1, 0.15) is 52.8 Å². The monoisotopic (exact) mass is 230 g/mol. The van der Waals surface area contributed by atoms with Crippen molar-refractivity contribution in [1.82, 2.24) is 9.97 Å². The number of nitrogens with one attached hydrogen (secondary N) is 1. The fourth-order valence-corrected chi connectivity index (χ4v) is 2.32. The summed E-state index contributed by atoms with van der Waals surface area (Å²) in [6, 6.07) is 2.09. The predicted octanol–water partition coefficient (Wildman–Crippen LogP) is 4.16. The molecule has 2 heterocycles. The summed E-state index contributed by atoms with van der Waals surface area (Å²) in [5.41, 5.74) is 3.94. The molecule has 2 rings (SSSR count). The highest BCUT2D eigenvalue weighted by molar-refractivity contribution is 5.83. The molecular formula is C15H22N2. The zero-order chi connectivity index (χ0) is 12.8. The molecule has 0 atom stereocenters. The molecule has 0 aromatic carbocycles. The third-order valence-electron chi connectivity index (χ3n) is 3.06. The molecule has 92 valence electrons. The Morgan fingerprint density at radius 3 is 2.18 bits per heavy atom. The molecule has 2 nitrogen and oxygen atoms in total. The maximum Gasteiger partial charge on any atom is 0.0526 e. The summed E-state index contributed by atoms with van der Waals surface area (Å²) in [6.07, 6.45) is 3.97. The van der Waals surface area contributed by atoms with E-state index in [4.69, 9.17) is 4.98 Å². The predicted molar refractivity (Wildman–Crippen MR) is 73.5 cm³/mol. The Morgan fingerprint density at radius 1 is 1.00 bits per heavy atom. The van der Waals surface area contributed by atoms with Gasteiger partial charge in [0.15, 0.2) is 0 Å². The summed E-state index contributed by atoms with van der Waals surface area (Å²) < 4.78 is 0. The normalized spacial score (nSPS) is 13.3. The quantitative estimate of drug-likeness (QED) is 0.723. The minimum Gasteiger partial charge on any atom is -0.361 e. The maximum atomic E-state index is 4.70. The summed E-state index contributed by atoms with van der Waals surface area (Å²) >= 11 is 0. The highest BCUT2D eigenvalue weighted by Crippen LogP contribution is 2.36. The maximum absolute atomic E-state index is 4.70. The fourth-order valence-electron chi connectivity index (χ4n) is 2.32. The smallest absolute Gasteiger partial charge is 0.0526 e. The van der Waals surface area contributed by atoms with Gasteiger partial charge in [0, 0.05) is 28.8 Å². The van der Waals surface area contributed by atoms with Crippen LogP contribution < -0.4 is 0 Å². The first kappa shape index (κ1) is 12.2. The summed E-state index contributed by atoms with van der Waals surface area (Å²) in [4.78, 5) is 8.06. The van der Waals surface area contributed by atoms with Crippen molar-refractivity contribution in [3.63, 3.8) is 0 Å². The van der Waals surface area contributed by atoms with E-state index in [9.17, 15) is 0 Å². The Labute approximate surface area is 103 Å². The lowest BCUT2D eigenvalue weighted by Crippen LogP contribution is -2.24. The highest BCUT2D eigenvalue weighted by Gasteiger charge is 2.28. The summed E-state index contributed by atoms with van der Waals surface area (Å²) in [6.45, 7) is 13.4. The van der Waals surface area contributed by atoms with Crippen LogP contribution in [0.5, 0.6) is 0 Å². The Bertz CT molecular complexity index is 536. The van der Waals surface area contributed by atoms with Crippen LogP contribution in [0, 0.1) is 0 Å². The molecule has 0 bridgehead atoms. The minimum absolute atomic E-state index is 0.0713. The van der Waals surface area contributed by atoms with E-state index in [0.717, 1.165) is 0 Å². The van der Waals surface area contributed by atoms with E-state index in [1.165, 1.54) is 22.2 Å². The molecule has 0 aliphatic rings. The second kappa shape index (κ2) is 3.59. The zero-order valence-corrected chi connectivity index (χ0v) is 11.7. The standard InChI is InChI=1S/C15H22N2/c1-14(2,3)11-12-10(7-8-16-12)9-17-13(11)15(4,5)6/h7-9,16H,1-6H3.